The SMILES string of the molecule is Nc1cc(S(=O)(=O)NCCc2ccc(Br)s2)ccc1F. The first-order valence-electron chi connectivity index (χ1n) is 5.67. The summed E-state index contributed by atoms with van der Waals surface area (Å²) < 4.78 is 40.5. The quantitative estimate of drug-likeness (QED) is 0.785. The maximum absolute atomic E-state index is 13.0. The van der Waals surface area contributed by atoms with Gasteiger partial charge < -0.3 is 5.73 Å². The van der Waals surface area contributed by atoms with Crippen molar-refractivity contribution in [2.45, 2.75) is 11.3 Å². The van der Waals surface area contributed by atoms with Gasteiger partial charge in [0, 0.05) is 11.4 Å². The number of hydrogen-bond acceptors (Lipinski definition) is 4. The van der Waals surface area contributed by atoms with E-state index in [1.54, 1.807) is 11.3 Å². The van der Waals surface area contributed by atoms with Crippen molar-refractivity contribution in [2.75, 3.05) is 12.3 Å². The molecule has 1 aromatic heterocycles. The molecule has 0 aliphatic heterocycles. The van der Waals surface area contributed by atoms with Crippen molar-refractivity contribution in [1.82, 2.24) is 4.72 Å². The minimum Gasteiger partial charge on any atom is -0.396 e. The smallest absolute Gasteiger partial charge is 0.240 e. The number of thiophene rings is 1. The lowest BCUT2D eigenvalue weighted by Gasteiger charge is -2.07. The molecule has 0 fully saturated rings. The number of nitrogen functional groups attached to an aromatic ring is 1. The van der Waals surface area contributed by atoms with Crippen molar-refractivity contribution in [1.29, 1.82) is 0 Å². The summed E-state index contributed by atoms with van der Waals surface area (Å²) in [7, 11) is -3.67. The highest BCUT2D eigenvalue weighted by Crippen LogP contribution is 2.22. The van der Waals surface area contributed by atoms with Crippen LogP contribution in [0.1, 0.15) is 4.88 Å². The summed E-state index contributed by atoms with van der Waals surface area (Å²) in [5.74, 6) is -0.632. The predicted molar refractivity (Wildman–Crippen MR) is 81.7 cm³/mol. The Morgan fingerprint density at radius 1 is 1.30 bits per heavy atom. The largest absolute Gasteiger partial charge is 0.396 e. The molecule has 0 unspecified atom stereocenters. The second-order valence-electron chi connectivity index (χ2n) is 4.04. The molecule has 20 heavy (non-hydrogen) atoms. The third kappa shape index (κ3) is 3.78. The monoisotopic (exact) mass is 378 g/mol. The molecule has 3 N–H and O–H groups in total. The molecule has 108 valence electrons. The van der Waals surface area contributed by atoms with Gasteiger partial charge in [0.2, 0.25) is 10.0 Å². The van der Waals surface area contributed by atoms with E-state index in [0.29, 0.717) is 6.42 Å². The van der Waals surface area contributed by atoms with Crippen LogP contribution in [0.3, 0.4) is 0 Å². The van der Waals surface area contributed by atoms with Gasteiger partial charge in [-0.15, -0.1) is 11.3 Å². The molecular weight excluding hydrogens is 367 g/mol. The minimum atomic E-state index is -3.67. The van der Waals surface area contributed by atoms with Gasteiger partial charge in [-0.3, -0.25) is 0 Å². The maximum Gasteiger partial charge on any atom is 0.240 e. The Balaban J connectivity index is 2.02. The minimum absolute atomic E-state index is 0.0382. The highest BCUT2D eigenvalue weighted by Gasteiger charge is 2.15. The number of anilines is 1. The van der Waals surface area contributed by atoms with Crippen molar-refractivity contribution in [2.24, 2.45) is 0 Å². The van der Waals surface area contributed by atoms with Crippen LogP contribution in [0.4, 0.5) is 10.1 Å². The summed E-state index contributed by atoms with van der Waals surface area (Å²) in [5, 5.41) is 0. The Morgan fingerprint density at radius 2 is 2.05 bits per heavy atom. The summed E-state index contributed by atoms with van der Waals surface area (Å²) in [5.41, 5.74) is 5.18. The van der Waals surface area contributed by atoms with Gasteiger partial charge in [0.15, 0.2) is 0 Å². The van der Waals surface area contributed by atoms with E-state index < -0.39 is 15.8 Å². The fourth-order valence-corrected chi connectivity index (χ4v) is 4.12. The molecule has 0 radical (unpaired) electrons. The average Bonchev–Trinajstić information content (AvgIpc) is 2.78. The Morgan fingerprint density at radius 3 is 2.65 bits per heavy atom. The highest BCUT2D eigenvalue weighted by atomic mass is 79.9. The van der Waals surface area contributed by atoms with Crippen molar-refractivity contribution in [3.8, 4) is 0 Å². The van der Waals surface area contributed by atoms with E-state index in [-0.39, 0.29) is 17.1 Å². The topological polar surface area (TPSA) is 72.2 Å². The third-order valence-corrected chi connectivity index (χ3v) is 5.71. The standard InChI is InChI=1S/C12H12BrFN2O2S2/c13-12-4-1-8(19-12)5-6-16-20(17,18)9-2-3-10(14)11(15)7-9/h1-4,7,16H,5-6,15H2. The normalized spacial score (nSPS) is 11.7. The van der Waals surface area contributed by atoms with E-state index in [2.05, 4.69) is 20.7 Å². The van der Waals surface area contributed by atoms with Gasteiger partial charge in [-0.25, -0.2) is 17.5 Å². The second-order valence-corrected chi connectivity index (χ2v) is 8.35. The first kappa shape index (κ1) is 15.4. The molecule has 0 atom stereocenters. The second kappa shape index (κ2) is 6.21. The molecule has 0 amide bonds. The van der Waals surface area contributed by atoms with Gasteiger partial charge in [-0.05, 0) is 52.7 Å². The van der Waals surface area contributed by atoms with Crippen LogP contribution < -0.4 is 10.5 Å². The van der Waals surface area contributed by atoms with Crippen molar-refractivity contribution < 1.29 is 12.8 Å². The van der Waals surface area contributed by atoms with Gasteiger partial charge >= 0.3 is 0 Å². The number of nitrogens with one attached hydrogen (secondary N) is 1. The number of hydrogen-bond donors (Lipinski definition) is 2. The van der Waals surface area contributed by atoms with Crippen LogP contribution in [0.15, 0.2) is 39.0 Å². The molecule has 8 heteroatoms. The molecule has 0 spiro atoms. The lowest BCUT2D eigenvalue weighted by atomic mass is 10.3. The van der Waals surface area contributed by atoms with Gasteiger partial charge in [0.1, 0.15) is 5.82 Å². The van der Waals surface area contributed by atoms with E-state index in [1.165, 1.54) is 6.07 Å². The number of rotatable bonds is 5. The Labute approximate surface area is 129 Å². The first-order valence-corrected chi connectivity index (χ1v) is 8.76. The number of halogens is 2. The Bertz CT molecular complexity index is 716. The molecule has 2 rings (SSSR count). The molecule has 1 heterocycles. The van der Waals surface area contributed by atoms with Crippen LogP contribution in [0.5, 0.6) is 0 Å². The van der Waals surface area contributed by atoms with Crippen LogP contribution >= 0.6 is 27.3 Å². The average molecular weight is 379 g/mol. The molecule has 4 nitrogen and oxygen atoms in total. The zero-order valence-corrected chi connectivity index (χ0v) is 13.5. The zero-order valence-electron chi connectivity index (χ0n) is 10.3. The van der Waals surface area contributed by atoms with Crippen molar-refractivity contribution in [3.05, 3.63) is 44.8 Å². The predicted octanol–water partition coefficient (Wildman–Crippen LogP) is 2.75. The number of benzene rings is 1. The van der Waals surface area contributed by atoms with E-state index in [0.717, 1.165) is 20.8 Å². The summed E-state index contributed by atoms with van der Waals surface area (Å²) in [6.07, 6.45) is 0.589. The van der Waals surface area contributed by atoms with E-state index in [1.807, 2.05) is 12.1 Å². The lowest BCUT2D eigenvalue weighted by molar-refractivity contribution is 0.581. The summed E-state index contributed by atoms with van der Waals surface area (Å²) in [4.78, 5) is 1.03. The van der Waals surface area contributed by atoms with Crippen LogP contribution in [-0.4, -0.2) is 15.0 Å². The molecular formula is C12H12BrFN2O2S2. The fraction of sp³-hybridized carbons (Fsp3) is 0.167. The molecule has 0 saturated carbocycles. The Hall–Kier alpha value is -0.960. The van der Waals surface area contributed by atoms with Crippen LogP contribution in [-0.2, 0) is 16.4 Å². The van der Waals surface area contributed by atoms with Crippen molar-refractivity contribution >= 4 is 43.0 Å². The van der Waals surface area contributed by atoms with E-state index in [9.17, 15) is 12.8 Å². The van der Waals surface area contributed by atoms with Crippen LogP contribution in [0.2, 0.25) is 0 Å². The van der Waals surface area contributed by atoms with Crippen LogP contribution in [0, 0.1) is 5.82 Å². The van der Waals surface area contributed by atoms with Gasteiger partial charge in [0.25, 0.3) is 0 Å². The third-order valence-electron chi connectivity index (χ3n) is 2.57. The van der Waals surface area contributed by atoms with Gasteiger partial charge in [-0.2, -0.15) is 0 Å². The first-order chi connectivity index (χ1) is 9.38. The lowest BCUT2D eigenvalue weighted by Crippen LogP contribution is -2.26. The summed E-state index contributed by atoms with van der Waals surface area (Å²) in [6.45, 7) is 0.270. The maximum atomic E-state index is 13.0. The van der Waals surface area contributed by atoms with Crippen LogP contribution in [0.25, 0.3) is 0 Å². The molecule has 1 aromatic carbocycles. The van der Waals surface area contributed by atoms with Gasteiger partial charge in [0.05, 0.1) is 14.4 Å². The van der Waals surface area contributed by atoms with Crippen molar-refractivity contribution in [3.63, 3.8) is 0 Å². The van der Waals surface area contributed by atoms with E-state index >= 15 is 0 Å². The highest BCUT2D eigenvalue weighted by molar-refractivity contribution is 9.11. The summed E-state index contributed by atoms with van der Waals surface area (Å²) >= 11 is 4.90. The number of nitrogens with two attached hydrogens (primary N) is 1. The van der Waals surface area contributed by atoms with Gasteiger partial charge in [-0.1, -0.05) is 0 Å². The number of sulfonamides is 1. The molecule has 0 aliphatic rings. The fourth-order valence-electron chi connectivity index (χ4n) is 1.57. The Kier molecular flexibility index (Phi) is 4.79. The molecule has 2 aromatic rings. The summed E-state index contributed by atoms with van der Waals surface area (Å²) in [6, 6.07) is 7.18. The van der Waals surface area contributed by atoms with E-state index in [4.69, 9.17) is 5.73 Å². The molecule has 0 aliphatic carbocycles. The zero-order chi connectivity index (χ0) is 14.8. The molecule has 0 bridgehead atoms. The molecule has 0 saturated heterocycles.